The molecule has 0 spiro atoms. The van der Waals surface area contributed by atoms with Crippen LogP contribution < -0.4 is 4.90 Å². The van der Waals surface area contributed by atoms with Gasteiger partial charge in [-0.2, -0.15) is 0 Å². The molecule has 0 unspecified atom stereocenters. The van der Waals surface area contributed by atoms with Crippen LogP contribution in [0.25, 0.3) is 52.3 Å². The first-order chi connectivity index (χ1) is 22.1. The van der Waals surface area contributed by atoms with Crippen LogP contribution in [0, 0.1) is 0 Å². The van der Waals surface area contributed by atoms with Crippen LogP contribution in [-0.4, -0.2) is 14.5 Å². The molecule has 8 aromatic rings. The molecule has 0 bridgehead atoms. The Hall–Kier alpha value is -4.88. The van der Waals surface area contributed by atoms with E-state index in [9.17, 15) is 0 Å². The van der Waals surface area contributed by atoms with Crippen molar-refractivity contribution < 1.29 is 0 Å². The van der Waals surface area contributed by atoms with Crippen LogP contribution in [0.2, 0.25) is 0 Å². The average Bonchev–Trinajstić information content (AvgIpc) is 3.59. The molecule has 0 aliphatic heterocycles. The quantitative estimate of drug-likeness (QED) is 0.173. The summed E-state index contributed by atoms with van der Waals surface area (Å²) in [7, 11) is 0. The van der Waals surface area contributed by atoms with Crippen molar-refractivity contribution in [3.63, 3.8) is 0 Å². The summed E-state index contributed by atoms with van der Waals surface area (Å²) in [5.74, 6) is 0. The fourth-order valence-corrected chi connectivity index (χ4v) is 10.1. The van der Waals surface area contributed by atoms with Crippen molar-refractivity contribution >= 4 is 61.6 Å². The molecule has 0 saturated heterocycles. The van der Waals surface area contributed by atoms with E-state index in [1.807, 2.05) is 0 Å². The molecular formula is C43H31NSe. The molecule has 0 amide bonds. The molecule has 1 heterocycles. The van der Waals surface area contributed by atoms with Gasteiger partial charge in [0.15, 0.2) is 0 Å². The zero-order chi connectivity index (χ0) is 30.1. The molecule has 1 aliphatic carbocycles. The molecule has 0 radical (unpaired) electrons. The molecule has 0 fully saturated rings. The normalized spacial score (nSPS) is 13.3. The minimum atomic E-state index is -0.0714. The predicted molar refractivity (Wildman–Crippen MR) is 194 cm³/mol. The summed E-state index contributed by atoms with van der Waals surface area (Å²) in [5.41, 5.74) is 11.5. The first kappa shape index (κ1) is 26.5. The van der Waals surface area contributed by atoms with Crippen LogP contribution >= 0.6 is 0 Å². The molecule has 1 aliphatic rings. The maximum absolute atomic E-state index is 2.49. The summed E-state index contributed by atoms with van der Waals surface area (Å²) < 4.78 is 2.94. The zero-order valence-corrected chi connectivity index (χ0v) is 27.0. The summed E-state index contributed by atoms with van der Waals surface area (Å²) in [4.78, 5) is 2.49. The number of hydrogen-bond donors (Lipinski definition) is 0. The van der Waals surface area contributed by atoms with Crippen LogP contribution in [0.4, 0.5) is 17.1 Å². The van der Waals surface area contributed by atoms with E-state index in [-0.39, 0.29) is 19.9 Å². The topological polar surface area (TPSA) is 3.24 Å². The Morgan fingerprint density at radius 3 is 2.09 bits per heavy atom. The third-order valence-corrected chi connectivity index (χ3v) is 12.2. The average molecular weight is 641 g/mol. The summed E-state index contributed by atoms with van der Waals surface area (Å²) in [6.07, 6.45) is 0. The summed E-state index contributed by atoms with van der Waals surface area (Å²) in [6.45, 7) is 4.73. The number of hydrogen-bond acceptors (Lipinski definition) is 1. The van der Waals surface area contributed by atoms with E-state index in [1.54, 1.807) is 0 Å². The Morgan fingerprint density at radius 1 is 0.511 bits per heavy atom. The van der Waals surface area contributed by atoms with E-state index >= 15 is 0 Å². The Balaban J connectivity index is 1.29. The Labute approximate surface area is 269 Å². The number of rotatable bonds is 4. The van der Waals surface area contributed by atoms with Crippen LogP contribution in [0.1, 0.15) is 25.0 Å². The van der Waals surface area contributed by atoms with Gasteiger partial charge in [-0.1, -0.05) is 0 Å². The number of benzene rings is 7. The monoisotopic (exact) mass is 641 g/mol. The van der Waals surface area contributed by atoms with Gasteiger partial charge in [-0.25, -0.2) is 0 Å². The standard InChI is InChI=1S/C43H31NSe/c1-43(2)37-16-9-8-15-34(37)35-26-24-32(27-38(35)43)44(31-22-19-29(20-23-31)28-11-4-3-5-12-28)39-17-10-18-40-41(39)36-25-21-30-13-6-7-14-33(30)42(36)45-40/h3-27H,1-2H3. The molecule has 45 heavy (non-hydrogen) atoms. The van der Waals surface area contributed by atoms with Gasteiger partial charge in [0, 0.05) is 0 Å². The van der Waals surface area contributed by atoms with Crippen LogP contribution in [0.3, 0.4) is 0 Å². The Kier molecular flexibility index (Phi) is 5.94. The van der Waals surface area contributed by atoms with E-state index in [4.69, 9.17) is 0 Å². The van der Waals surface area contributed by atoms with Crippen molar-refractivity contribution in [2.24, 2.45) is 0 Å². The fourth-order valence-electron chi connectivity index (χ4n) is 7.41. The van der Waals surface area contributed by atoms with Gasteiger partial charge >= 0.3 is 271 Å². The Bertz CT molecular complexity index is 2400. The van der Waals surface area contributed by atoms with Crippen LogP contribution in [0.5, 0.6) is 0 Å². The second kappa shape index (κ2) is 10.1. The molecule has 0 atom stereocenters. The molecule has 0 N–H and O–H groups in total. The van der Waals surface area contributed by atoms with E-state index in [2.05, 4.69) is 170 Å². The third-order valence-electron chi connectivity index (χ3n) is 9.66. The van der Waals surface area contributed by atoms with Gasteiger partial charge < -0.3 is 0 Å². The third kappa shape index (κ3) is 4.07. The summed E-state index contributed by atoms with van der Waals surface area (Å²) >= 11 is 0.242. The van der Waals surface area contributed by atoms with Gasteiger partial charge in [-0.3, -0.25) is 0 Å². The van der Waals surface area contributed by atoms with Gasteiger partial charge in [0.1, 0.15) is 0 Å². The van der Waals surface area contributed by atoms with Crippen molar-refractivity contribution in [2.75, 3.05) is 4.90 Å². The maximum atomic E-state index is 2.49. The zero-order valence-electron chi connectivity index (χ0n) is 25.3. The number of nitrogens with zero attached hydrogens (tertiary/aromatic N) is 1. The van der Waals surface area contributed by atoms with Gasteiger partial charge in [0.25, 0.3) is 0 Å². The minimum absolute atomic E-state index is 0.0714. The first-order valence-electron chi connectivity index (χ1n) is 15.6. The van der Waals surface area contributed by atoms with Gasteiger partial charge in [0.05, 0.1) is 0 Å². The van der Waals surface area contributed by atoms with Gasteiger partial charge in [-0.05, 0) is 0 Å². The summed E-state index contributed by atoms with van der Waals surface area (Å²) in [5, 5.41) is 5.45. The van der Waals surface area contributed by atoms with Crippen molar-refractivity contribution in [3.8, 4) is 22.3 Å². The second-order valence-electron chi connectivity index (χ2n) is 12.6. The predicted octanol–water partition coefficient (Wildman–Crippen LogP) is 11.6. The summed E-state index contributed by atoms with van der Waals surface area (Å²) in [6, 6.07) is 56.2. The molecule has 7 aromatic carbocycles. The van der Waals surface area contributed by atoms with Crippen molar-refractivity contribution in [1.29, 1.82) is 0 Å². The molecule has 214 valence electrons. The van der Waals surface area contributed by atoms with Crippen LogP contribution in [-0.2, 0) is 5.41 Å². The van der Waals surface area contributed by atoms with E-state index < -0.39 is 0 Å². The molecule has 9 rings (SSSR count). The number of fused-ring (bicyclic) bond motifs is 8. The fraction of sp³-hybridized carbons (Fsp3) is 0.0698. The van der Waals surface area contributed by atoms with E-state index in [0.29, 0.717) is 0 Å². The van der Waals surface area contributed by atoms with E-state index in [0.717, 1.165) is 5.69 Å². The molecule has 1 aromatic heterocycles. The first-order valence-corrected chi connectivity index (χ1v) is 17.3. The van der Waals surface area contributed by atoms with Crippen molar-refractivity contribution in [2.45, 2.75) is 19.3 Å². The van der Waals surface area contributed by atoms with Crippen LogP contribution in [0.15, 0.2) is 152 Å². The molecule has 1 nitrogen and oxygen atoms in total. The molecular weight excluding hydrogens is 609 g/mol. The number of anilines is 3. The SMILES string of the molecule is CC1(C)c2ccccc2-c2ccc(N(c3ccc(-c4ccccc4)cc3)c3cccc4[se]c5c6ccccc6ccc5c34)cc21. The van der Waals surface area contributed by atoms with Crippen molar-refractivity contribution in [3.05, 3.63) is 163 Å². The molecule has 0 saturated carbocycles. The van der Waals surface area contributed by atoms with Gasteiger partial charge in [-0.15, -0.1) is 0 Å². The van der Waals surface area contributed by atoms with Gasteiger partial charge in [0.2, 0.25) is 0 Å². The Morgan fingerprint density at radius 2 is 1.22 bits per heavy atom. The van der Waals surface area contributed by atoms with E-state index in [1.165, 1.54) is 74.8 Å². The van der Waals surface area contributed by atoms with Crippen molar-refractivity contribution in [1.82, 2.24) is 0 Å². The molecule has 2 heteroatoms. The second-order valence-corrected chi connectivity index (χ2v) is 14.8.